The molecule has 0 atom stereocenters. The Labute approximate surface area is 137 Å². The molecule has 122 valence electrons. The zero-order chi connectivity index (χ0) is 17.3. The van der Waals surface area contributed by atoms with Gasteiger partial charge in [-0.25, -0.2) is 0 Å². The van der Waals surface area contributed by atoms with Crippen LogP contribution in [0, 0.1) is 13.8 Å². The number of pyridine rings is 1. The summed E-state index contributed by atoms with van der Waals surface area (Å²) in [6, 6.07) is 8.54. The van der Waals surface area contributed by atoms with Crippen molar-refractivity contribution in [1.29, 1.82) is 0 Å². The molecule has 0 unspecified atom stereocenters. The number of amides is 1. The van der Waals surface area contributed by atoms with Crippen LogP contribution in [0.2, 0.25) is 0 Å². The first-order chi connectivity index (χ1) is 11.5. The van der Waals surface area contributed by atoms with E-state index in [1.165, 1.54) is 0 Å². The third-order valence-corrected chi connectivity index (χ3v) is 3.84. The van der Waals surface area contributed by atoms with Gasteiger partial charge in [0, 0.05) is 17.8 Å². The summed E-state index contributed by atoms with van der Waals surface area (Å²) in [7, 11) is 0. The molecule has 3 aromatic rings. The van der Waals surface area contributed by atoms with Crippen molar-refractivity contribution in [2.75, 3.05) is 0 Å². The summed E-state index contributed by atoms with van der Waals surface area (Å²) >= 11 is 0. The number of aryl methyl sites for hydroxylation is 2. The quantitative estimate of drug-likeness (QED) is 0.771. The van der Waals surface area contributed by atoms with Gasteiger partial charge in [-0.3, -0.25) is 14.4 Å². The van der Waals surface area contributed by atoms with Gasteiger partial charge in [-0.15, -0.1) is 0 Å². The lowest BCUT2D eigenvalue weighted by Crippen LogP contribution is -2.31. The number of rotatable bonds is 3. The Hall–Kier alpha value is -3.15. The average molecular weight is 324 g/mol. The lowest BCUT2D eigenvalue weighted by Gasteiger charge is -2.08. The minimum absolute atomic E-state index is 0.0343. The molecule has 1 aromatic carbocycles. The molecule has 0 saturated heterocycles. The average Bonchev–Trinajstić information content (AvgIpc) is 2.54. The van der Waals surface area contributed by atoms with E-state index in [2.05, 4.69) is 10.3 Å². The van der Waals surface area contributed by atoms with Crippen molar-refractivity contribution < 1.29 is 9.21 Å². The Morgan fingerprint density at radius 3 is 2.71 bits per heavy atom. The van der Waals surface area contributed by atoms with Crippen LogP contribution in [0.15, 0.2) is 50.6 Å². The second-order valence-corrected chi connectivity index (χ2v) is 5.60. The number of nitrogens with one attached hydrogen (secondary N) is 2. The number of fused-ring (bicyclic) bond motifs is 1. The molecule has 2 aromatic heterocycles. The van der Waals surface area contributed by atoms with E-state index in [9.17, 15) is 14.4 Å². The van der Waals surface area contributed by atoms with E-state index in [1.807, 2.05) is 6.07 Å². The minimum atomic E-state index is -0.575. The first kappa shape index (κ1) is 15.7. The standard InChI is InChI=1S/C18H16N2O4/c1-10-7-11(2)20-18(23)13(10)8-19-17(22)14-9-24-15-6-4-3-5-12(15)16(14)21/h3-7,9H,8H2,1-2H3,(H,19,22)(H,20,23). The molecule has 6 heteroatoms. The van der Waals surface area contributed by atoms with E-state index in [1.54, 1.807) is 38.1 Å². The van der Waals surface area contributed by atoms with Gasteiger partial charge in [0.2, 0.25) is 5.43 Å². The number of aromatic nitrogens is 1. The first-order valence-corrected chi connectivity index (χ1v) is 7.45. The van der Waals surface area contributed by atoms with E-state index in [0.29, 0.717) is 16.5 Å². The molecule has 3 rings (SSSR count). The van der Waals surface area contributed by atoms with Crippen LogP contribution >= 0.6 is 0 Å². The Bertz CT molecular complexity index is 1050. The SMILES string of the molecule is Cc1cc(C)c(CNC(=O)c2coc3ccccc3c2=O)c(=O)[nH]1. The van der Waals surface area contributed by atoms with Crippen molar-refractivity contribution in [3.05, 3.63) is 79.6 Å². The molecule has 0 spiro atoms. The van der Waals surface area contributed by atoms with Crippen molar-refractivity contribution in [3.63, 3.8) is 0 Å². The summed E-state index contributed by atoms with van der Waals surface area (Å²) in [5, 5.41) is 2.95. The van der Waals surface area contributed by atoms with E-state index in [-0.39, 0.29) is 17.7 Å². The maximum absolute atomic E-state index is 12.4. The van der Waals surface area contributed by atoms with Gasteiger partial charge >= 0.3 is 0 Å². The fourth-order valence-electron chi connectivity index (χ4n) is 2.60. The highest BCUT2D eigenvalue weighted by atomic mass is 16.3. The molecule has 0 aliphatic carbocycles. The van der Waals surface area contributed by atoms with Crippen LogP contribution in [0.25, 0.3) is 11.0 Å². The molecule has 6 nitrogen and oxygen atoms in total. The largest absolute Gasteiger partial charge is 0.463 e. The summed E-state index contributed by atoms with van der Waals surface area (Å²) in [5.41, 5.74) is 1.67. The minimum Gasteiger partial charge on any atom is -0.463 e. The van der Waals surface area contributed by atoms with Crippen molar-refractivity contribution >= 4 is 16.9 Å². The van der Waals surface area contributed by atoms with Crippen molar-refractivity contribution in [1.82, 2.24) is 10.3 Å². The molecule has 0 saturated carbocycles. The van der Waals surface area contributed by atoms with E-state index < -0.39 is 11.3 Å². The number of carbonyl (C=O) groups excluding carboxylic acids is 1. The molecule has 24 heavy (non-hydrogen) atoms. The topological polar surface area (TPSA) is 92.2 Å². The summed E-state index contributed by atoms with van der Waals surface area (Å²) in [4.78, 5) is 39.3. The van der Waals surface area contributed by atoms with Crippen LogP contribution in [0.1, 0.15) is 27.2 Å². The molecule has 0 aliphatic heterocycles. The van der Waals surface area contributed by atoms with Crippen LogP contribution in [-0.2, 0) is 6.54 Å². The maximum atomic E-state index is 12.4. The molecule has 2 heterocycles. The molecule has 1 amide bonds. The predicted octanol–water partition coefficient (Wildman–Crippen LogP) is 2.03. The zero-order valence-electron chi connectivity index (χ0n) is 13.3. The maximum Gasteiger partial charge on any atom is 0.258 e. The van der Waals surface area contributed by atoms with Gasteiger partial charge in [-0.05, 0) is 37.6 Å². The summed E-state index contributed by atoms with van der Waals surface area (Å²) in [6.45, 7) is 3.62. The number of hydrogen-bond acceptors (Lipinski definition) is 4. The Kier molecular flexibility index (Phi) is 4.04. The second-order valence-electron chi connectivity index (χ2n) is 5.60. The van der Waals surface area contributed by atoms with Crippen molar-refractivity contribution in [3.8, 4) is 0 Å². The highest BCUT2D eigenvalue weighted by Crippen LogP contribution is 2.10. The van der Waals surface area contributed by atoms with Gasteiger partial charge in [-0.1, -0.05) is 12.1 Å². The highest BCUT2D eigenvalue weighted by molar-refractivity contribution is 5.96. The molecule has 0 radical (unpaired) electrons. The molecule has 0 aliphatic rings. The first-order valence-electron chi connectivity index (χ1n) is 7.45. The number of para-hydroxylation sites is 1. The molecular weight excluding hydrogens is 308 g/mol. The van der Waals surface area contributed by atoms with Gasteiger partial charge < -0.3 is 14.7 Å². The van der Waals surface area contributed by atoms with Crippen LogP contribution in [0.4, 0.5) is 0 Å². The summed E-state index contributed by atoms with van der Waals surface area (Å²) < 4.78 is 5.33. The van der Waals surface area contributed by atoms with Crippen LogP contribution < -0.4 is 16.3 Å². The smallest absolute Gasteiger partial charge is 0.258 e. The van der Waals surface area contributed by atoms with Gasteiger partial charge in [0.15, 0.2) is 0 Å². The lowest BCUT2D eigenvalue weighted by molar-refractivity contribution is 0.0948. The fraction of sp³-hybridized carbons (Fsp3) is 0.167. The number of benzene rings is 1. The number of aromatic amines is 1. The molecule has 0 bridgehead atoms. The second kappa shape index (κ2) is 6.16. The Morgan fingerprint density at radius 2 is 1.96 bits per heavy atom. The Morgan fingerprint density at radius 1 is 1.21 bits per heavy atom. The highest BCUT2D eigenvalue weighted by Gasteiger charge is 2.15. The fourth-order valence-corrected chi connectivity index (χ4v) is 2.60. The zero-order valence-corrected chi connectivity index (χ0v) is 13.3. The van der Waals surface area contributed by atoms with Crippen molar-refractivity contribution in [2.45, 2.75) is 20.4 Å². The van der Waals surface area contributed by atoms with Gasteiger partial charge in [0.05, 0.1) is 5.39 Å². The van der Waals surface area contributed by atoms with E-state index in [0.717, 1.165) is 17.5 Å². The predicted molar refractivity (Wildman–Crippen MR) is 90.2 cm³/mol. The van der Waals surface area contributed by atoms with Crippen molar-refractivity contribution in [2.24, 2.45) is 0 Å². The number of H-pyrrole nitrogens is 1. The summed E-state index contributed by atoms with van der Waals surface area (Å²) in [5.74, 6) is -0.575. The third kappa shape index (κ3) is 2.86. The third-order valence-electron chi connectivity index (χ3n) is 3.84. The Balaban J connectivity index is 1.88. The monoisotopic (exact) mass is 324 g/mol. The van der Waals surface area contributed by atoms with Crippen LogP contribution in [0.3, 0.4) is 0 Å². The molecular formula is C18H16N2O4. The summed E-state index contributed by atoms with van der Waals surface area (Å²) in [6.07, 6.45) is 1.15. The number of hydrogen-bond donors (Lipinski definition) is 2. The normalized spacial score (nSPS) is 10.8. The van der Waals surface area contributed by atoms with Crippen LogP contribution in [0.5, 0.6) is 0 Å². The van der Waals surface area contributed by atoms with Gasteiger partial charge in [-0.2, -0.15) is 0 Å². The van der Waals surface area contributed by atoms with Gasteiger partial charge in [0.25, 0.3) is 11.5 Å². The molecule has 0 fully saturated rings. The van der Waals surface area contributed by atoms with Crippen LogP contribution in [-0.4, -0.2) is 10.9 Å². The van der Waals surface area contributed by atoms with E-state index >= 15 is 0 Å². The van der Waals surface area contributed by atoms with Gasteiger partial charge in [0.1, 0.15) is 17.4 Å². The number of carbonyl (C=O) groups is 1. The molecule has 2 N–H and O–H groups in total. The lowest BCUT2D eigenvalue weighted by atomic mass is 10.1. The van der Waals surface area contributed by atoms with E-state index in [4.69, 9.17) is 4.42 Å².